The largest absolute Gasteiger partial charge is 0.348 e. The average Bonchev–Trinajstić information content (AvgIpc) is 3.01. The summed E-state index contributed by atoms with van der Waals surface area (Å²) in [6, 6.07) is 14.0. The van der Waals surface area contributed by atoms with Gasteiger partial charge in [-0.05, 0) is 50.1 Å². The fraction of sp³-hybridized carbons (Fsp3) is 0.200. The monoisotopic (exact) mass is 319 g/mol. The molecular weight excluding hydrogens is 298 g/mol. The molecule has 3 rings (SSSR count). The Labute approximate surface area is 142 Å². The van der Waals surface area contributed by atoms with Crippen LogP contribution >= 0.6 is 0 Å². The molecule has 0 aliphatic carbocycles. The first kappa shape index (κ1) is 16.0. The van der Waals surface area contributed by atoms with E-state index in [9.17, 15) is 4.79 Å². The Hall–Kier alpha value is -2.88. The number of rotatable bonds is 4. The van der Waals surface area contributed by atoms with E-state index in [-0.39, 0.29) is 5.91 Å². The van der Waals surface area contributed by atoms with E-state index >= 15 is 0 Å². The number of imidazole rings is 1. The molecule has 0 saturated heterocycles. The molecule has 2 aromatic carbocycles. The van der Waals surface area contributed by atoms with Crippen LogP contribution in [0.15, 0.2) is 54.9 Å². The van der Waals surface area contributed by atoms with Gasteiger partial charge >= 0.3 is 0 Å². The predicted octanol–water partition coefficient (Wildman–Crippen LogP) is 3.73. The fourth-order valence-corrected chi connectivity index (χ4v) is 2.68. The van der Waals surface area contributed by atoms with Gasteiger partial charge in [0, 0.05) is 30.2 Å². The topological polar surface area (TPSA) is 46.9 Å². The smallest absolute Gasteiger partial charge is 0.251 e. The van der Waals surface area contributed by atoms with Gasteiger partial charge in [-0.2, -0.15) is 0 Å². The van der Waals surface area contributed by atoms with Crippen molar-refractivity contribution < 1.29 is 4.79 Å². The first-order valence-corrected chi connectivity index (χ1v) is 7.99. The van der Waals surface area contributed by atoms with Crippen molar-refractivity contribution in [1.29, 1.82) is 0 Å². The first-order chi connectivity index (χ1) is 11.5. The molecule has 0 atom stereocenters. The molecule has 1 heterocycles. The highest BCUT2D eigenvalue weighted by atomic mass is 16.1. The number of aromatic nitrogens is 2. The van der Waals surface area contributed by atoms with Crippen LogP contribution in [-0.4, -0.2) is 15.5 Å². The van der Waals surface area contributed by atoms with Crippen LogP contribution in [-0.2, 0) is 6.54 Å². The number of hydrogen-bond donors (Lipinski definition) is 1. The van der Waals surface area contributed by atoms with E-state index in [1.165, 1.54) is 0 Å². The summed E-state index contributed by atoms with van der Waals surface area (Å²) in [5.74, 6) is 0.914. The van der Waals surface area contributed by atoms with Crippen molar-refractivity contribution in [3.8, 4) is 5.69 Å². The SMILES string of the molecule is Cc1ccc(C)c(C(=O)NCc2ccc(-n3ccnc3C)cc2)c1. The third-order valence-corrected chi connectivity index (χ3v) is 4.13. The quantitative estimate of drug-likeness (QED) is 0.796. The van der Waals surface area contributed by atoms with Gasteiger partial charge in [-0.25, -0.2) is 4.98 Å². The normalized spacial score (nSPS) is 10.6. The number of nitrogens with zero attached hydrogens (tertiary/aromatic N) is 2. The Balaban J connectivity index is 1.68. The summed E-state index contributed by atoms with van der Waals surface area (Å²) in [7, 11) is 0. The van der Waals surface area contributed by atoms with E-state index < -0.39 is 0 Å². The van der Waals surface area contributed by atoms with Crippen LogP contribution < -0.4 is 5.32 Å². The Morgan fingerprint density at radius 3 is 2.50 bits per heavy atom. The molecule has 0 aliphatic rings. The van der Waals surface area contributed by atoms with Crippen molar-refractivity contribution in [2.24, 2.45) is 0 Å². The lowest BCUT2D eigenvalue weighted by Crippen LogP contribution is -2.23. The van der Waals surface area contributed by atoms with Crippen molar-refractivity contribution in [1.82, 2.24) is 14.9 Å². The molecule has 4 nitrogen and oxygen atoms in total. The Morgan fingerprint density at radius 1 is 1.08 bits per heavy atom. The molecular formula is C20H21N3O. The van der Waals surface area contributed by atoms with Crippen LogP contribution in [0.4, 0.5) is 0 Å². The van der Waals surface area contributed by atoms with Gasteiger partial charge in [0.15, 0.2) is 0 Å². The van der Waals surface area contributed by atoms with Gasteiger partial charge in [-0.15, -0.1) is 0 Å². The molecule has 122 valence electrons. The number of carbonyl (C=O) groups excluding carboxylic acids is 1. The zero-order valence-corrected chi connectivity index (χ0v) is 14.2. The van der Waals surface area contributed by atoms with Crippen LogP contribution in [0.5, 0.6) is 0 Å². The zero-order valence-electron chi connectivity index (χ0n) is 14.2. The maximum Gasteiger partial charge on any atom is 0.251 e. The number of benzene rings is 2. The van der Waals surface area contributed by atoms with Crippen LogP contribution in [0.1, 0.15) is 32.9 Å². The average molecular weight is 319 g/mol. The second-order valence-electron chi connectivity index (χ2n) is 6.01. The summed E-state index contributed by atoms with van der Waals surface area (Å²) >= 11 is 0. The molecule has 1 N–H and O–H groups in total. The molecule has 4 heteroatoms. The number of aryl methyl sites for hydroxylation is 3. The molecule has 1 aromatic heterocycles. The van der Waals surface area contributed by atoms with E-state index in [1.54, 1.807) is 6.20 Å². The maximum absolute atomic E-state index is 12.4. The Kier molecular flexibility index (Phi) is 4.47. The van der Waals surface area contributed by atoms with Crippen molar-refractivity contribution in [3.05, 3.63) is 82.9 Å². The molecule has 3 aromatic rings. The maximum atomic E-state index is 12.4. The van der Waals surface area contributed by atoms with Gasteiger partial charge in [0.2, 0.25) is 0 Å². The van der Waals surface area contributed by atoms with Crippen LogP contribution in [0.2, 0.25) is 0 Å². The van der Waals surface area contributed by atoms with Gasteiger partial charge in [0.05, 0.1) is 0 Å². The van der Waals surface area contributed by atoms with Crippen LogP contribution in [0.25, 0.3) is 5.69 Å². The second-order valence-corrected chi connectivity index (χ2v) is 6.01. The van der Waals surface area contributed by atoms with E-state index in [4.69, 9.17) is 0 Å². The Bertz CT molecular complexity index is 863. The minimum absolute atomic E-state index is 0.0364. The number of hydrogen-bond acceptors (Lipinski definition) is 2. The van der Waals surface area contributed by atoms with Gasteiger partial charge < -0.3 is 9.88 Å². The molecule has 24 heavy (non-hydrogen) atoms. The Morgan fingerprint density at radius 2 is 1.83 bits per heavy atom. The van der Waals surface area contributed by atoms with Crippen LogP contribution in [0, 0.1) is 20.8 Å². The lowest BCUT2D eigenvalue weighted by atomic mass is 10.0. The van der Waals surface area contributed by atoms with Crippen molar-refractivity contribution >= 4 is 5.91 Å². The predicted molar refractivity (Wildman–Crippen MR) is 95.4 cm³/mol. The second kappa shape index (κ2) is 6.71. The summed E-state index contributed by atoms with van der Waals surface area (Å²) in [5.41, 5.74) is 4.94. The van der Waals surface area contributed by atoms with E-state index in [0.717, 1.165) is 33.8 Å². The van der Waals surface area contributed by atoms with Crippen molar-refractivity contribution in [3.63, 3.8) is 0 Å². The molecule has 0 radical (unpaired) electrons. The van der Waals surface area contributed by atoms with E-state index in [1.807, 2.05) is 74.0 Å². The highest BCUT2D eigenvalue weighted by Gasteiger charge is 2.09. The number of amides is 1. The standard InChI is InChI=1S/C20H21N3O/c1-14-4-5-15(2)19(12-14)20(24)22-13-17-6-8-18(9-7-17)23-11-10-21-16(23)3/h4-12H,13H2,1-3H3,(H,22,24). The summed E-state index contributed by atoms with van der Waals surface area (Å²) in [6.45, 7) is 6.43. The van der Waals surface area contributed by atoms with E-state index in [0.29, 0.717) is 6.54 Å². The fourth-order valence-electron chi connectivity index (χ4n) is 2.68. The van der Waals surface area contributed by atoms with Crippen LogP contribution in [0.3, 0.4) is 0 Å². The van der Waals surface area contributed by atoms with Gasteiger partial charge in [0.25, 0.3) is 5.91 Å². The molecule has 0 fully saturated rings. The van der Waals surface area contributed by atoms with Crippen molar-refractivity contribution in [2.45, 2.75) is 27.3 Å². The molecule has 0 unspecified atom stereocenters. The number of nitrogens with one attached hydrogen (secondary N) is 1. The highest BCUT2D eigenvalue weighted by molar-refractivity contribution is 5.95. The third kappa shape index (κ3) is 3.38. The minimum Gasteiger partial charge on any atom is -0.348 e. The number of carbonyl (C=O) groups is 1. The summed E-state index contributed by atoms with van der Waals surface area (Å²) < 4.78 is 2.03. The van der Waals surface area contributed by atoms with Gasteiger partial charge in [-0.3, -0.25) is 4.79 Å². The van der Waals surface area contributed by atoms with E-state index in [2.05, 4.69) is 10.3 Å². The molecule has 0 aliphatic heterocycles. The minimum atomic E-state index is -0.0364. The lowest BCUT2D eigenvalue weighted by molar-refractivity contribution is 0.0950. The lowest BCUT2D eigenvalue weighted by Gasteiger charge is -2.10. The van der Waals surface area contributed by atoms with Crippen molar-refractivity contribution in [2.75, 3.05) is 0 Å². The molecule has 0 spiro atoms. The zero-order chi connectivity index (χ0) is 17.1. The first-order valence-electron chi connectivity index (χ1n) is 7.99. The molecule has 0 bridgehead atoms. The van der Waals surface area contributed by atoms with Gasteiger partial charge in [0.1, 0.15) is 5.82 Å². The molecule has 1 amide bonds. The summed E-state index contributed by atoms with van der Waals surface area (Å²) in [4.78, 5) is 16.6. The summed E-state index contributed by atoms with van der Waals surface area (Å²) in [6.07, 6.45) is 3.72. The highest BCUT2D eigenvalue weighted by Crippen LogP contribution is 2.13. The summed E-state index contributed by atoms with van der Waals surface area (Å²) in [5, 5.41) is 2.99. The molecule has 0 saturated carbocycles. The van der Waals surface area contributed by atoms with Gasteiger partial charge in [-0.1, -0.05) is 29.8 Å². The third-order valence-electron chi connectivity index (χ3n) is 4.13.